The molecule has 1 aliphatic heterocycles. The molecule has 0 aliphatic carbocycles. The van der Waals surface area contributed by atoms with Crippen molar-refractivity contribution in [2.45, 2.75) is 13.0 Å². The molecule has 5 heteroatoms. The number of anilines is 3. The molecule has 0 fully saturated rings. The highest BCUT2D eigenvalue weighted by Gasteiger charge is 2.22. The van der Waals surface area contributed by atoms with E-state index >= 15 is 0 Å². The van der Waals surface area contributed by atoms with Crippen LogP contribution >= 0.6 is 0 Å². The molecule has 142 valence electrons. The van der Waals surface area contributed by atoms with Gasteiger partial charge in [0.2, 0.25) is 5.95 Å². The van der Waals surface area contributed by atoms with Gasteiger partial charge in [-0.15, -0.1) is 0 Å². The highest BCUT2D eigenvalue weighted by Crippen LogP contribution is 2.35. The first kappa shape index (κ1) is 17.4. The lowest BCUT2D eigenvalue weighted by Gasteiger charge is -2.20. The van der Waals surface area contributed by atoms with Crippen molar-refractivity contribution in [3.8, 4) is 11.3 Å². The summed E-state index contributed by atoms with van der Waals surface area (Å²) in [6.07, 6.45) is 4.66. The molecule has 0 bridgehead atoms. The molecular formula is C24H21N5. The number of pyridine rings is 1. The van der Waals surface area contributed by atoms with E-state index in [1.165, 1.54) is 11.3 Å². The van der Waals surface area contributed by atoms with Gasteiger partial charge in [0.1, 0.15) is 5.82 Å². The summed E-state index contributed by atoms with van der Waals surface area (Å²) >= 11 is 0. The minimum atomic E-state index is 0.620. The van der Waals surface area contributed by atoms with Gasteiger partial charge in [-0.1, -0.05) is 54.6 Å². The predicted molar refractivity (Wildman–Crippen MR) is 116 cm³/mol. The van der Waals surface area contributed by atoms with E-state index in [1.807, 2.05) is 36.5 Å². The molecule has 1 aliphatic rings. The van der Waals surface area contributed by atoms with Gasteiger partial charge >= 0.3 is 0 Å². The van der Waals surface area contributed by atoms with Gasteiger partial charge in [-0.05, 0) is 29.7 Å². The fraction of sp³-hybridized carbons (Fsp3) is 0.125. The summed E-state index contributed by atoms with van der Waals surface area (Å²) < 4.78 is 0. The van der Waals surface area contributed by atoms with Crippen molar-refractivity contribution >= 4 is 17.5 Å². The molecule has 2 aromatic heterocycles. The van der Waals surface area contributed by atoms with E-state index in [1.54, 1.807) is 6.20 Å². The smallest absolute Gasteiger partial charge is 0.225 e. The third-order valence-corrected chi connectivity index (χ3v) is 5.12. The molecule has 5 rings (SSSR count). The van der Waals surface area contributed by atoms with E-state index in [0.717, 1.165) is 35.6 Å². The zero-order valence-electron chi connectivity index (χ0n) is 16.0. The Balaban J connectivity index is 1.52. The van der Waals surface area contributed by atoms with Crippen LogP contribution in [0, 0.1) is 0 Å². The minimum Gasteiger partial charge on any atom is -0.350 e. The Morgan fingerprint density at radius 1 is 0.897 bits per heavy atom. The second-order valence-electron chi connectivity index (χ2n) is 7.05. The Kier molecular flexibility index (Phi) is 4.62. The van der Waals surface area contributed by atoms with Crippen molar-refractivity contribution < 1.29 is 0 Å². The molecule has 0 saturated carbocycles. The highest BCUT2D eigenvalue weighted by atomic mass is 15.2. The lowest BCUT2D eigenvalue weighted by atomic mass is 10.1. The average Bonchev–Trinajstić information content (AvgIpc) is 3.23. The monoisotopic (exact) mass is 379 g/mol. The largest absolute Gasteiger partial charge is 0.350 e. The first-order chi connectivity index (χ1) is 14.4. The van der Waals surface area contributed by atoms with Crippen LogP contribution in [0.2, 0.25) is 0 Å². The summed E-state index contributed by atoms with van der Waals surface area (Å²) in [5.74, 6) is 1.53. The Morgan fingerprint density at radius 3 is 2.62 bits per heavy atom. The molecule has 0 saturated heterocycles. The first-order valence-electron chi connectivity index (χ1n) is 9.79. The fourth-order valence-electron chi connectivity index (χ4n) is 3.67. The Bertz CT molecular complexity index is 1110. The van der Waals surface area contributed by atoms with Crippen LogP contribution in [0.1, 0.15) is 11.1 Å². The maximum atomic E-state index is 4.84. The number of hydrogen-bond donors (Lipinski definition) is 1. The van der Waals surface area contributed by atoms with Crippen molar-refractivity contribution in [3.63, 3.8) is 0 Å². The van der Waals surface area contributed by atoms with E-state index in [-0.39, 0.29) is 0 Å². The van der Waals surface area contributed by atoms with Gasteiger partial charge in [0.15, 0.2) is 0 Å². The molecule has 5 nitrogen and oxygen atoms in total. The van der Waals surface area contributed by atoms with Crippen LogP contribution in [-0.2, 0) is 13.0 Å². The SMILES string of the molecule is c1ccc(-c2cc(N3CCc4ccccc43)nc(NCc3cccnc3)n2)cc1. The number of aromatic nitrogens is 3. The predicted octanol–water partition coefficient (Wildman–Crippen LogP) is 4.84. The molecule has 4 aromatic rings. The van der Waals surface area contributed by atoms with Crippen LogP contribution in [0.5, 0.6) is 0 Å². The van der Waals surface area contributed by atoms with Gasteiger partial charge in [0, 0.05) is 42.8 Å². The van der Waals surface area contributed by atoms with Crippen LogP contribution in [0.15, 0.2) is 85.2 Å². The lowest BCUT2D eigenvalue weighted by Crippen LogP contribution is -2.16. The number of fused-ring (bicyclic) bond motifs is 1. The Labute approximate surface area is 170 Å². The van der Waals surface area contributed by atoms with Gasteiger partial charge in [-0.2, -0.15) is 4.98 Å². The van der Waals surface area contributed by atoms with Crippen molar-refractivity contribution in [1.29, 1.82) is 0 Å². The first-order valence-corrected chi connectivity index (χ1v) is 9.79. The number of nitrogens with zero attached hydrogens (tertiary/aromatic N) is 4. The molecule has 1 N–H and O–H groups in total. The summed E-state index contributed by atoms with van der Waals surface area (Å²) in [5, 5.41) is 3.37. The molecule has 0 spiro atoms. The van der Waals surface area contributed by atoms with Gasteiger partial charge in [-0.3, -0.25) is 4.98 Å². The normalized spacial score (nSPS) is 12.6. The summed E-state index contributed by atoms with van der Waals surface area (Å²) in [6, 6.07) is 24.8. The third kappa shape index (κ3) is 3.67. The van der Waals surface area contributed by atoms with Crippen LogP contribution in [0.4, 0.5) is 17.5 Å². The minimum absolute atomic E-state index is 0.620. The Morgan fingerprint density at radius 2 is 1.76 bits per heavy atom. The van der Waals surface area contributed by atoms with Gasteiger partial charge in [0.25, 0.3) is 0 Å². The Hall–Kier alpha value is -3.73. The zero-order chi connectivity index (χ0) is 19.5. The van der Waals surface area contributed by atoms with Gasteiger partial charge in [0.05, 0.1) is 5.69 Å². The van der Waals surface area contributed by atoms with Crippen molar-refractivity contribution in [2.75, 3.05) is 16.8 Å². The quantitative estimate of drug-likeness (QED) is 0.537. The van der Waals surface area contributed by atoms with E-state index < -0.39 is 0 Å². The molecule has 0 unspecified atom stereocenters. The molecule has 3 heterocycles. The maximum Gasteiger partial charge on any atom is 0.225 e. The van der Waals surface area contributed by atoms with E-state index in [9.17, 15) is 0 Å². The number of para-hydroxylation sites is 1. The maximum absolute atomic E-state index is 4.84. The summed E-state index contributed by atoms with van der Waals surface area (Å²) in [7, 11) is 0. The molecule has 29 heavy (non-hydrogen) atoms. The molecule has 0 radical (unpaired) electrons. The van der Waals surface area contributed by atoms with Crippen molar-refractivity contribution in [1.82, 2.24) is 15.0 Å². The average molecular weight is 379 g/mol. The van der Waals surface area contributed by atoms with Crippen LogP contribution in [0.25, 0.3) is 11.3 Å². The van der Waals surface area contributed by atoms with Crippen molar-refractivity contribution in [2.24, 2.45) is 0 Å². The van der Waals surface area contributed by atoms with Crippen LogP contribution < -0.4 is 10.2 Å². The highest BCUT2D eigenvalue weighted by molar-refractivity contribution is 5.72. The van der Waals surface area contributed by atoms with Crippen LogP contribution in [0.3, 0.4) is 0 Å². The molecular weight excluding hydrogens is 358 g/mol. The van der Waals surface area contributed by atoms with Gasteiger partial charge in [-0.25, -0.2) is 4.98 Å². The second-order valence-corrected chi connectivity index (χ2v) is 7.05. The summed E-state index contributed by atoms with van der Waals surface area (Å²) in [4.78, 5) is 16.1. The molecule has 0 atom stereocenters. The van der Waals surface area contributed by atoms with Crippen molar-refractivity contribution in [3.05, 3.63) is 96.3 Å². The van der Waals surface area contributed by atoms with Gasteiger partial charge < -0.3 is 10.2 Å². The number of hydrogen-bond acceptors (Lipinski definition) is 5. The zero-order valence-corrected chi connectivity index (χ0v) is 16.0. The van der Waals surface area contributed by atoms with E-state index in [2.05, 4.69) is 57.7 Å². The summed E-state index contributed by atoms with van der Waals surface area (Å²) in [5.41, 5.74) is 5.66. The number of benzene rings is 2. The lowest BCUT2D eigenvalue weighted by molar-refractivity contribution is 0.958. The third-order valence-electron chi connectivity index (χ3n) is 5.12. The molecule has 0 amide bonds. The number of nitrogens with one attached hydrogen (secondary N) is 1. The molecule has 2 aromatic carbocycles. The van der Waals surface area contributed by atoms with E-state index in [4.69, 9.17) is 9.97 Å². The van der Waals surface area contributed by atoms with Crippen LogP contribution in [-0.4, -0.2) is 21.5 Å². The van der Waals surface area contributed by atoms with E-state index in [0.29, 0.717) is 12.5 Å². The number of rotatable bonds is 5. The summed E-state index contributed by atoms with van der Waals surface area (Å²) in [6.45, 7) is 1.55. The topological polar surface area (TPSA) is 53.9 Å². The standard InChI is InChI=1S/C24H21N5/c1-2-8-19(9-3-1)21-15-23(29-14-12-20-10-4-5-11-22(20)29)28-24(27-21)26-17-18-7-6-13-25-16-18/h1-11,13,15-16H,12,14,17H2,(H,26,27,28). The fourth-order valence-corrected chi connectivity index (χ4v) is 3.67. The second kappa shape index (κ2) is 7.72.